The largest absolute Gasteiger partial charge is 0.418 e. The van der Waals surface area contributed by atoms with E-state index in [0.717, 1.165) is 11.8 Å². The minimum atomic E-state index is -4.49. The molecule has 0 amide bonds. The van der Waals surface area contributed by atoms with E-state index in [2.05, 4.69) is 16.4 Å². The maximum absolute atomic E-state index is 13.8. The smallest absolute Gasteiger partial charge is 0.381 e. The van der Waals surface area contributed by atoms with Gasteiger partial charge in [0, 0.05) is 41.0 Å². The highest BCUT2D eigenvalue weighted by Gasteiger charge is 2.33. The van der Waals surface area contributed by atoms with Crippen LogP contribution in [0.4, 0.5) is 23.2 Å². The van der Waals surface area contributed by atoms with E-state index in [1.807, 2.05) is 6.07 Å². The van der Waals surface area contributed by atoms with Gasteiger partial charge in [-0.05, 0) is 29.8 Å². The number of nitrogens with zero attached hydrogens (tertiary/aromatic N) is 1. The van der Waals surface area contributed by atoms with Crippen molar-refractivity contribution in [3.05, 3.63) is 95.9 Å². The van der Waals surface area contributed by atoms with Crippen LogP contribution in [0.5, 0.6) is 0 Å². The fourth-order valence-corrected chi connectivity index (χ4v) is 3.21. The third-order valence-electron chi connectivity index (χ3n) is 4.61. The van der Waals surface area contributed by atoms with Crippen LogP contribution < -0.4 is 5.32 Å². The van der Waals surface area contributed by atoms with Crippen LogP contribution in [0.3, 0.4) is 0 Å². The fourth-order valence-electron chi connectivity index (χ4n) is 3.21. The first kappa shape index (κ1) is 18.9. The van der Waals surface area contributed by atoms with Gasteiger partial charge in [0.2, 0.25) is 0 Å². The molecule has 0 bridgehead atoms. The molecule has 1 N–H and O–H groups in total. The summed E-state index contributed by atoms with van der Waals surface area (Å²) in [5.41, 5.74) is 1.56. The molecule has 4 aromatic rings. The molecule has 29 heavy (non-hydrogen) atoms. The highest BCUT2D eigenvalue weighted by Crippen LogP contribution is 2.37. The van der Waals surface area contributed by atoms with Crippen LogP contribution in [-0.2, 0) is 12.7 Å². The van der Waals surface area contributed by atoms with Crippen molar-refractivity contribution in [2.75, 3.05) is 5.32 Å². The SMILES string of the molecule is Fc1ccccc1CNc1cccc(-c2[c]cnc3c(C(F)(F)F)cccc23)c1. The molecule has 6 heteroatoms. The minimum Gasteiger partial charge on any atom is -0.381 e. The molecule has 4 rings (SSSR count). The quantitative estimate of drug-likeness (QED) is 0.401. The van der Waals surface area contributed by atoms with Gasteiger partial charge in [0.1, 0.15) is 5.82 Å². The van der Waals surface area contributed by atoms with Gasteiger partial charge in [0.15, 0.2) is 0 Å². The molecular weight excluding hydrogens is 380 g/mol. The van der Waals surface area contributed by atoms with Gasteiger partial charge in [0.25, 0.3) is 0 Å². The summed E-state index contributed by atoms with van der Waals surface area (Å²) in [6.45, 7) is 0.287. The van der Waals surface area contributed by atoms with Crippen molar-refractivity contribution in [1.29, 1.82) is 0 Å². The maximum atomic E-state index is 13.8. The molecule has 0 spiro atoms. The molecule has 145 valence electrons. The number of hydrogen-bond donors (Lipinski definition) is 1. The van der Waals surface area contributed by atoms with Gasteiger partial charge in [0.05, 0.1) is 11.1 Å². The Hall–Kier alpha value is -3.41. The number of fused-ring (bicyclic) bond motifs is 1. The summed E-state index contributed by atoms with van der Waals surface area (Å²) in [5, 5.41) is 3.52. The maximum Gasteiger partial charge on any atom is 0.418 e. The number of aromatic nitrogens is 1. The number of alkyl halides is 3. The number of halogens is 4. The normalized spacial score (nSPS) is 11.6. The van der Waals surface area contributed by atoms with Gasteiger partial charge in [-0.25, -0.2) is 4.39 Å². The van der Waals surface area contributed by atoms with Gasteiger partial charge < -0.3 is 5.32 Å². The van der Waals surface area contributed by atoms with Gasteiger partial charge in [-0.1, -0.05) is 42.5 Å². The lowest BCUT2D eigenvalue weighted by Gasteiger charge is -2.13. The van der Waals surface area contributed by atoms with Crippen molar-refractivity contribution >= 4 is 16.6 Å². The van der Waals surface area contributed by atoms with Crippen molar-refractivity contribution in [1.82, 2.24) is 4.98 Å². The Morgan fingerprint density at radius 1 is 0.931 bits per heavy atom. The molecule has 3 aromatic carbocycles. The summed E-state index contributed by atoms with van der Waals surface area (Å²) in [7, 11) is 0. The molecular formula is C23H15F4N2. The van der Waals surface area contributed by atoms with Crippen molar-refractivity contribution in [3.63, 3.8) is 0 Å². The number of hydrogen-bond acceptors (Lipinski definition) is 2. The van der Waals surface area contributed by atoms with Crippen molar-refractivity contribution < 1.29 is 17.6 Å². The average Bonchev–Trinajstić information content (AvgIpc) is 2.72. The number of para-hydroxylation sites is 1. The van der Waals surface area contributed by atoms with Gasteiger partial charge in [-0.15, -0.1) is 0 Å². The van der Waals surface area contributed by atoms with E-state index in [-0.39, 0.29) is 17.9 Å². The van der Waals surface area contributed by atoms with Crippen LogP contribution in [0.25, 0.3) is 22.0 Å². The Balaban J connectivity index is 1.70. The molecule has 0 aliphatic rings. The summed E-state index contributed by atoms with van der Waals surface area (Å²) in [4.78, 5) is 3.91. The Bertz CT molecular complexity index is 1170. The van der Waals surface area contributed by atoms with E-state index < -0.39 is 11.7 Å². The highest BCUT2D eigenvalue weighted by atomic mass is 19.4. The van der Waals surface area contributed by atoms with Gasteiger partial charge in [-0.2, -0.15) is 13.2 Å². The second-order valence-corrected chi connectivity index (χ2v) is 6.50. The number of pyridine rings is 1. The summed E-state index contributed by atoms with van der Waals surface area (Å²) in [5.74, 6) is -0.302. The lowest BCUT2D eigenvalue weighted by molar-refractivity contribution is -0.136. The number of benzene rings is 3. The lowest BCUT2D eigenvalue weighted by Crippen LogP contribution is -2.06. The summed E-state index contributed by atoms with van der Waals surface area (Å²) in [6, 6.07) is 20.6. The molecule has 0 aliphatic carbocycles. The van der Waals surface area contributed by atoms with Gasteiger partial charge >= 0.3 is 6.18 Å². The molecule has 1 aromatic heterocycles. The van der Waals surface area contributed by atoms with Gasteiger partial charge in [-0.3, -0.25) is 4.98 Å². The molecule has 0 fully saturated rings. The second kappa shape index (κ2) is 7.54. The van der Waals surface area contributed by atoms with Crippen molar-refractivity contribution in [2.24, 2.45) is 0 Å². The molecule has 0 aliphatic heterocycles. The van der Waals surface area contributed by atoms with Crippen LogP contribution in [0, 0.1) is 11.9 Å². The number of nitrogens with one attached hydrogen (secondary N) is 1. The molecule has 2 nitrogen and oxygen atoms in total. The number of rotatable bonds is 4. The zero-order valence-electron chi connectivity index (χ0n) is 15.1. The standard InChI is InChI=1S/C23H15F4N2/c24-21-10-2-1-5-16(21)14-29-17-7-3-6-15(13-17)18-11-12-28-22-19(18)8-4-9-20(22)23(25,26)27/h1-10,12-13,29H,14H2. The highest BCUT2D eigenvalue weighted by molar-refractivity contribution is 5.96. The first-order valence-corrected chi connectivity index (χ1v) is 8.88. The second-order valence-electron chi connectivity index (χ2n) is 6.50. The van der Waals surface area contributed by atoms with E-state index >= 15 is 0 Å². The average molecular weight is 395 g/mol. The third kappa shape index (κ3) is 3.92. The van der Waals surface area contributed by atoms with E-state index in [9.17, 15) is 17.6 Å². The molecule has 0 saturated heterocycles. The molecule has 0 atom stereocenters. The Kier molecular flexibility index (Phi) is 4.92. The Labute approximate surface area is 164 Å². The first-order chi connectivity index (χ1) is 13.9. The minimum absolute atomic E-state index is 0.113. The van der Waals surface area contributed by atoms with E-state index in [0.29, 0.717) is 22.1 Å². The van der Waals surface area contributed by atoms with Crippen LogP contribution in [0.2, 0.25) is 0 Å². The van der Waals surface area contributed by atoms with Crippen LogP contribution in [0.1, 0.15) is 11.1 Å². The lowest BCUT2D eigenvalue weighted by atomic mass is 9.99. The van der Waals surface area contributed by atoms with E-state index in [1.165, 1.54) is 18.3 Å². The zero-order chi connectivity index (χ0) is 20.4. The Morgan fingerprint density at radius 3 is 2.52 bits per heavy atom. The van der Waals surface area contributed by atoms with Crippen LogP contribution in [-0.4, -0.2) is 4.98 Å². The molecule has 1 heterocycles. The first-order valence-electron chi connectivity index (χ1n) is 8.88. The molecule has 1 radical (unpaired) electrons. The van der Waals surface area contributed by atoms with E-state index in [1.54, 1.807) is 42.5 Å². The predicted octanol–water partition coefficient (Wildman–Crippen LogP) is 6.47. The zero-order valence-corrected chi connectivity index (χ0v) is 15.1. The summed E-state index contributed by atoms with van der Waals surface area (Å²) >= 11 is 0. The van der Waals surface area contributed by atoms with Crippen LogP contribution in [0.15, 0.2) is 72.9 Å². The predicted molar refractivity (Wildman–Crippen MR) is 105 cm³/mol. The summed E-state index contributed by atoms with van der Waals surface area (Å²) in [6.07, 6.45) is -3.24. The molecule has 0 unspecified atom stereocenters. The fraction of sp³-hybridized carbons (Fsp3) is 0.0870. The van der Waals surface area contributed by atoms with Crippen LogP contribution >= 0.6 is 0 Å². The third-order valence-corrected chi connectivity index (χ3v) is 4.61. The topological polar surface area (TPSA) is 24.9 Å². The number of anilines is 1. The van der Waals surface area contributed by atoms with Crippen molar-refractivity contribution in [2.45, 2.75) is 12.7 Å². The summed E-state index contributed by atoms with van der Waals surface area (Å²) < 4.78 is 53.8. The Morgan fingerprint density at radius 2 is 1.72 bits per heavy atom. The monoisotopic (exact) mass is 395 g/mol. The molecule has 0 saturated carbocycles. The van der Waals surface area contributed by atoms with Crippen molar-refractivity contribution in [3.8, 4) is 11.1 Å². The van der Waals surface area contributed by atoms with E-state index in [4.69, 9.17) is 0 Å².